The maximum absolute atomic E-state index is 13.7. The molecule has 1 aliphatic heterocycles. The fourth-order valence-electron chi connectivity index (χ4n) is 5.51. The first-order valence-corrected chi connectivity index (χ1v) is 12.8. The molecule has 0 bridgehead atoms. The van der Waals surface area contributed by atoms with E-state index in [0.29, 0.717) is 22.4 Å². The number of esters is 1. The molecule has 0 unspecified atom stereocenters. The molecule has 38 heavy (non-hydrogen) atoms. The molecule has 0 fully saturated rings. The lowest BCUT2D eigenvalue weighted by atomic mass is 10.00. The van der Waals surface area contributed by atoms with Crippen molar-refractivity contribution >= 4 is 22.8 Å². The molecule has 1 aliphatic rings. The first-order valence-electron chi connectivity index (χ1n) is 12.8. The van der Waals surface area contributed by atoms with Gasteiger partial charge in [0.05, 0.1) is 11.6 Å². The highest BCUT2D eigenvalue weighted by Crippen LogP contribution is 2.42. The molecule has 3 atom stereocenters. The van der Waals surface area contributed by atoms with E-state index in [1.165, 1.54) is 4.90 Å². The minimum absolute atomic E-state index is 0.133. The summed E-state index contributed by atoms with van der Waals surface area (Å²) < 4.78 is 7.32. The number of aryl methyl sites for hydroxylation is 1. The number of carbonyl (C=O) groups excluding carboxylic acids is 2. The van der Waals surface area contributed by atoms with Crippen LogP contribution in [-0.4, -0.2) is 43.7 Å². The molecule has 7 nitrogen and oxygen atoms in total. The van der Waals surface area contributed by atoms with Crippen LogP contribution < -0.4 is 0 Å². The average molecular weight is 513 g/mol. The molecule has 4 aromatic rings. The van der Waals surface area contributed by atoms with Crippen LogP contribution in [0.4, 0.5) is 0 Å². The van der Waals surface area contributed by atoms with Crippen molar-refractivity contribution in [2.24, 2.45) is 0 Å². The van der Waals surface area contributed by atoms with Gasteiger partial charge in [0.15, 0.2) is 0 Å². The molecule has 0 saturated carbocycles. The van der Waals surface area contributed by atoms with Crippen molar-refractivity contribution in [3.05, 3.63) is 106 Å². The topological polar surface area (TPSA) is 92.0 Å². The number of aliphatic hydroxyl groups excluding tert-OH is 2. The Labute approximate surface area is 221 Å². The zero-order chi connectivity index (χ0) is 27.1. The number of benzene rings is 3. The van der Waals surface area contributed by atoms with Gasteiger partial charge in [-0.05, 0) is 51.0 Å². The lowest BCUT2D eigenvalue weighted by molar-refractivity contribution is -0.170. The van der Waals surface area contributed by atoms with E-state index in [1.807, 2.05) is 50.2 Å². The van der Waals surface area contributed by atoms with Crippen molar-refractivity contribution in [1.29, 1.82) is 0 Å². The van der Waals surface area contributed by atoms with Gasteiger partial charge in [0.25, 0.3) is 5.91 Å². The predicted molar refractivity (Wildman–Crippen MR) is 145 cm³/mol. The van der Waals surface area contributed by atoms with Gasteiger partial charge in [0.1, 0.15) is 18.5 Å². The summed E-state index contributed by atoms with van der Waals surface area (Å²) in [6.07, 6.45) is -2.62. The van der Waals surface area contributed by atoms with E-state index in [4.69, 9.17) is 4.74 Å². The Morgan fingerprint density at radius 1 is 0.868 bits per heavy atom. The van der Waals surface area contributed by atoms with Crippen molar-refractivity contribution in [3.8, 4) is 0 Å². The molecule has 0 radical (unpaired) electrons. The number of aliphatic hydroxyl groups is 2. The van der Waals surface area contributed by atoms with Gasteiger partial charge in [-0.2, -0.15) is 0 Å². The van der Waals surface area contributed by atoms with E-state index in [-0.39, 0.29) is 18.4 Å². The van der Waals surface area contributed by atoms with Crippen LogP contribution in [-0.2, 0) is 16.0 Å². The van der Waals surface area contributed by atoms with Crippen molar-refractivity contribution in [1.82, 2.24) is 9.47 Å². The first kappa shape index (κ1) is 25.9. The van der Waals surface area contributed by atoms with Gasteiger partial charge in [-0.15, -0.1) is 0 Å². The number of hydrogen-bond acceptors (Lipinski definition) is 6. The van der Waals surface area contributed by atoms with E-state index in [2.05, 4.69) is 0 Å². The number of nitrogens with zero attached hydrogens (tertiary/aromatic N) is 2. The van der Waals surface area contributed by atoms with Crippen LogP contribution >= 0.6 is 0 Å². The molecule has 0 spiro atoms. The van der Waals surface area contributed by atoms with E-state index in [9.17, 15) is 19.8 Å². The van der Waals surface area contributed by atoms with Crippen LogP contribution in [0.15, 0.2) is 72.8 Å². The quantitative estimate of drug-likeness (QED) is 0.361. The zero-order valence-corrected chi connectivity index (χ0v) is 22.0. The Kier molecular flexibility index (Phi) is 6.92. The number of ether oxygens (including phenoxy) is 1. The highest BCUT2D eigenvalue weighted by molar-refractivity contribution is 6.05. The Bertz CT molecular complexity index is 1480. The molecule has 0 saturated heterocycles. The van der Waals surface area contributed by atoms with E-state index < -0.39 is 24.5 Å². The zero-order valence-electron chi connectivity index (χ0n) is 22.0. The summed E-state index contributed by atoms with van der Waals surface area (Å²) >= 11 is 0. The van der Waals surface area contributed by atoms with Gasteiger partial charge in [-0.25, -0.2) is 4.90 Å². The third kappa shape index (κ3) is 4.32. The van der Waals surface area contributed by atoms with Crippen LogP contribution in [0.3, 0.4) is 0 Å². The van der Waals surface area contributed by atoms with Gasteiger partial charge in [-0.3, -0.25) is 14.2 Å². The van der Waals surface area contributed by atoms with E-state index in [1.54, 1.807) is 54.8 Å². The van der Waals surface area contributed by atoms with Crippen LogP contribution in [0.5, 0.6) is 0 Å². The average Bonchev–Trinajstić information content (AvgIpc) is 3.33. The Balaban J connectivity index is 1.64. The molecule has 0 amide bonds. The van der Waals surface area contributed by atoms with Crippen molar-refractivity contribution in [3.63, 3.8) is 0 Å². The summed E-state index contributed by atoms with van der Waals surface area (Å²) in [7, 11) is 0. The minimum atomic E-state index is -1.19. The second kappa shape index (κ2) is 10.2. The maximum Gasteiger partial charge on any atom is 0.324 e. The highest BCUT2D eigenvalue weighted by atomic mass is 16.5. The number of carbonyl (C=O) groups is 2. The number of fused-ring (bicyclic) bond motifs is 2. The predicted octanol–water partition coefficient (Wildman–Crippen LogP) is 4.81. The molecular formula is C31H32N2O5. The number of aromatic nitrogens is 1. The van der Waals surface area contributed by atoms with E-state index in [0.717, 1.165) is 22.0 Å². The summed E-state index contributed by atoms with van der Waals surface area (Å²) in [5, 5.41) is 23.3. The summed E-state index contributed by atoms with van der Waals surface area (Å²) in [4.78, 5) is 28.6. The second-order valence-electron chi connectivity index (χ2n) is 10.1. The molecular weight excluding hydrogens is 480 g/mol. The van der Waals surface area contributed by atoms with Gasteiger partial charge >= 0.3 is 5.97 Å². The lowest BCUT2D eigenvalue weighted by Crippen LogP contribution is -2.45. The van der Waals surface area contributed by atoms with Gasteiger partial charge in [0.2, 0.25) is 0 Å². The van der Waals surface area contributed by atoms with Crippen LogP contribution in [0, 0.1) is 13.8 Å². The van der Waals surface area contributed by atoms with Crippen LogP contribution in [0.2, 0.25) is 0 Å². The Morgan fingerprint density at radius 2 is 1.47 bits per heavy atom. The third-order valence-electron chi connectivity index (χ3n) is 7.28. The summed E-state index contributed by atoms with van der Waals surface area (Å²) in [5.74, 6) is -0.711. The Morgan fingerprint density at radius 3 is 2.08 bits per heavy atom. The molecule has 3 aromatic carbocycles. The number of hydrogen-bond donors (Lipinski definition) is 2. The summed E-state index contributed by atoms with van der Waals surface area (Å²) in [5.41, 5.74) is 4.85. The first-order chi connectivity index (χ1) is 18.2. The summed E-state index contributed by atoms with van der Waals surface area (Å²) in [6, 6.07) is 21.0. The molecule has 2 heterocycles. The standard InChI is InChI=1S/C31H32N2O5/c1-18(2)38-31(37)26(33-29(35)23-14-8-9-15-24(23)30(33)36)17-25-20(4)32(27-19(3)11-10-16-22(25)27)28(34)21-12-6-5-7-13-21/h5-16,18,26,29-30,35-36H,17H2,1-4H3/t26-,29-,30-/m0/s1. The smallest absolute Gasteiger partial charge is 0.324 e. The molecule has 0 aliphatic carbocycles. The summed E-state index contributed by atoms with van der Waals surface area (Å²) in [6.45, 7) is 7.35. The van der Waals surface area contributed by atoms with Crippen molar-refractivity contribution in [2.45, 2.75) is 58.7 Å². The molecule has 7 heteroatoms. The lowest BCUT2D eigenvalue weighted by Gasteiger charge is -2.32. The fourth-order valence-corrected chi connectivity index (χ4v) is 5.51. The van der Waals surface area contributed by atoms with Gasteiger partial charge < -0.3 is 14.9 Å². The van der Waals surface area contributed by atoms with E-state index >= 15 is 0 Å². The third-order valence-corrected chi connectivity index (χ3v) is 7.28. The number of rotatable bonds is 6. The van der Waals surface area contributed by atoms with Crippen molar-refractivity contribution < 1.29 is 24.5 Å². The van der Waals surface area contributed by atoms with Gasteiger partial charge in [-0.1, -0.05) is 60.7 Å². The second-order valence-corrected chi connectivity index (χ2v) is 10.1. The van der Waals surface area contributed by atoms with Crippen LogP contribution in [0.1, 0.15) is 64.6 Å². The number of para-hydroxylation sites is 1. The SMILES string of the molecule is Cc1cccc2c(C[C@@H](C(=O)OC(C)C)N3[C@@H](O)c4ccccc4[C@@H]3O)c(C)n(C(=O)c3ccccc3)c12. The highest BCUT2D eigenvalue weighted by Gasteiger charge is 2.44. The monoisotopic (exact) mass is 512 g/mol. The molecule has 2 N–H and O–H groups in total. The molecule has 1 aromatic heterocycles. The van der Waals surface area contributed by atoms with Crippen molar-refractivity contribution in [2.75, 3.05) is 0 Å². The minimum Gasteiger partial charge on any atom is -0.462 e. The maximum atomic E-state index is 13.7. The molecule has 196 valence electrons. The fraction of sp³-hybridized carbons (Fsp3) is 0.290. The van der Waals surface area contributed by atoms with Gasteiger partial charge in [0, 0.05) is 34.2 Å². The normalized spacial score (nSPS) is 18.1. The largest absolute Gasteiger partial charge is 0.462 e. The molecule has 5 rings (SSSR count). The van der Waals surface area contributed by atoms with Crippen LogP contribution in [0.25, 0.3) is 10.9 Å². The Hall–Kier alpha value is -3.78.